The van der Waals surface area contributed by atoms with Gasteiger partial charge in [-0.25, -0.2) is 9.78 Å². The molecular formula is C12H11N5O5. The van der Waals surface area contributed by atoms with Crippen LogP contribution < -0.4 is 10.6 Å². The predicted molar refractivity (Wildman–Crippen MR) is 75.7 cm³/mol. The van der Waals surface area contributed by atoms with Crippen molar-refractivity contribution in [2.24, 2.45) is 0 Å². The van der Waals surface area contributed by atoms with Crippen molar-refractivity contribution < 1.29 is 19.2 Å². The number of hydrogen-bond acceptors (Lipinski definition) is 6. The van der Waals surface area contributed by atoms with Crippen molar-refractivity contribution in [2.75, 3.05) is 17.7 Å². The highest BCUT2D eigenvalue weighted by molar-refractivity contribution is 6.07. The fourth-order valence-corrected chi connectivity index (χ4v) is 1.57. The molecule has 22 heavy (non-hydrogen) atoms. The molecule has 2 amide bonds. The molecule has 0 unspecified atom stereocenters. The number of imidazole rings is 1. The van der Waals surface area contributed by atoms with Crippen LogP contribution in [0.4, 0.5) is 22.0 Å². The maximum Gasteiger partial charge on any atom is 0.412 e. The highest BCUT2D eigenvalue weighted by atomic mass is 16.6. The maximum atomic E-state index is 12.1. The number of nitro benzene ring substituents is 1. The predicted octanol–water partition coefficient (Wildman–Crippen LogP) is 1.75. The van der Waals surface area contributed by atoms with Crippen LogP contribution in [0.25, 0.3) is 0 Å². The number of H-pyrrole nitrogens is 1. The number of nitrogens with zero attached hydrogens (tertiary/aromatic N) is 2. The number of benzene rings is 1. The number of carbonyl (C=O) groups excluding carboxylic acids is 2. The van der Waals surface area contributed by atoms with Crippen molar-refractivity contribution in [3.05, 3.63) is 46.4 Å². The molecule has 0 saturated carbocycles. The Hall–Kier alpha value is -3.43. The zero-order valence-electron chi connectivity index (χ0n) is 11.3. The van der Waals surface area contributed by atoms with Crippen molar-refractivity contribution in [1.82, 2.24) is 9.97 Å². The van der Waals surface area contributed by atoms with Crippen LogP contribution in [0.2, 0.25) is 0 Å². The standard InChI is InChI=1S/C12H11N5O5/c1-22-12(19)16-10-9(13-6-14-10)11(18)15-7-2-4-8(5-3-7)17(20)21/h2-6H,1H3,(H,13,14)(H,15,18)(H,16,19). The molecule has 10 heteroatoms. The van der Waals surface area contributed by atoms with Crippen molar-refractivity contribution in [2.45, 2.75) is 0 Å². The normalized spacial score (nSPS) is 9.86. The van der Waals surface area contributed by atoms with Gasteiger partial charge < -0.3 is 15.0 Å². The van der Waals surface area contributed by atoms with Gasteiger partial charge >= 0.3 is 6.09 Å². The van der Waals surface area contributed by atoms with E-state index < -0.39 is 16.9 Å². The summed E-state index contributed by atoms with van der Waals surface area (Å²) in [6.45, 7) is 0. The van der Waals surface area contributed by atoms with E-state index in [4.69, 9.17) is 0 Å². The Labute approximate surface area is 123 Å². The Morgan fingerprint density at radius 1 is 1.27 bits per heavy atom. The topological polar surface area (TPSA) is 139 Å². The molecule has 0 bridgehead atoms. The molecule has 2 aromatic rings. The van der Waals surface area contributed by atoms with E-state index in [1.165, 1.54) is 37.7 Å². The molecule has 0 fully saturated rings. The fraction of sp³-hybridized carbons (Fsp3) is 0.0833. The largest absolute Gasteiger partial charge is 0.453 e. The smallest absolute Gasteiger partial charge is 0.412 e. The van der Waals surface area contributed by atoms with Gasteiger partial charge in [-0.2, -0.15) is 0 Å². The van der Waals surface area contributed by atoms with E-state index in [0.717, 1.165) is 0 Å². The Bertz CT molecular complexity index is 709. The van der Waals surface area contributed by atoms with Crippen LogP contribution >= 0.6 is 0 Å². The molecule has 3 N–H and O–H groups in total. The van der Waals surface area contributed by atoms with Crippen LogP contribution in [0.15, 0.2) is 30.6 Å². The van der Waals surface area contributed by atoms with Gasteiger partial charge in [0.15, 0.2) is 5.82 Å². The third-order valence-electron chi connectivity index (χ3n) is 2.61. The lowest BCUT2D eigenvalue weighted by Gasteiger charge is -2.06. The second-order valence-electron chi connectivity index (χ2n) is 4.00. The summed E-state index contributed by atoms with van der Waals surface area (Å²) in [5.74, 6) is -0.566. The lowest BCUT2D eigenvalue weighted by molar-refractivity contribution is -0.384. The van der Waals surface area contributed by atoms with E-state index in [9.17, 15) is 19.7 Å². The summed E-state index contributed by atoms with van der Waals surface area (Å²) in [5.41, 5.74) is 0.283. The number of ether oxygens (including phenoxy) is 1. The van der Waals surface area contributed by atoms with Crippen LogP contribution in [0, 0.1) is 10.1 Å². The summed E-state index contributed by atoms with van der Waals surface area (Å²) < 4.78 is 4.41. The SMILES string of the molecule is COC(=O)Nc1nc[nH]c1C(=O)Nc1ccc([N+](=O)[O-])cc1. The molecule has 2 rings (SSSR count). The molecule has 0 radical (unpaired) electrons. The molecule has 0 saturated heterocycles. The lowest BCUT2D eigenvalue weighted by Crippen LogP contribution is -2.18. The second kappa shape index (κ2) is 6.35. The minimum Gasteiger partial charge on any atom is -0.453 e. The molecule has 114 valence electrons. The quantitative estimate of drug-likeness (QED) is 0.580. The van der Waals surface area contributed by atoms with E-state index in [2.05, 4.69) is 25.3 Å². The first-order valence-corrected chi connectivity index (χ1v) is 5.95. The third-order valence-corrected chi connectivity index (χ3v) is 2.61. The van der Waals surface area contributed by atoms with Crippen molar-refractivity contribution >= 4 is 29.2 Å². The molecular weight excluding hydrogens is 294 g/mol. The number of amides is 2. The molecule has 0 atom stereocenters. The van der Waals surface area contributed by atoms with Gasteiger partial charge in [0.2, 0.25) is 0 Å². The van der Waals surface area contributed by atoms with Crippen LogP contribution in [-0.2, 0) is 4.74 Å². The maximum absolute atomic E-state index is 12.1. The minimum atomic E-state index is -0.767. The van der Waals surface area contributed by atoms with Crippen molar-refractivity contribution in [3.8, 4) is 0 Å². The monoisotopic (exact) mass is 305 g/mol. The summed E-state index contributed by atoms with van der Waals surface area (Å²) >= 11 is 0. The van der Waals surface area contributed by atoms with E-state index in [0.29, 0.717) is 5.69 Å². The number of methoxy groups -OCH3 is 1. The minimum absolute atomic E-state index is 0.00580. The summed E-state index contributed by atoms with van der Waals surface area (Å²) in [5, 5.41) is 15.3. The zero-order valence-corrected chi connectivity index (χ0v) is 11.3. The van der Waals surface area contributed by atoms with Gasteiger partial charge in [0, 0.05) is 17.8 Å². The molecule has 0 aliphatic rings. The molecule has 10 nitrogen and oxygen atoms in total. The number of nitro groups is 1. The summed E-state index contributed by atoms with van der Waals surface area (Å²) in [6.07, 6.45) is 0.465. The van der Waals surface area contributed by atoms with E-state index in [1.807, 2.05) is 0 Å². The van der Waals surface area contributed by atoms with Gasteiger partial charge in [0.05, 0.1) is 18.4 Å². The molecule has 1 aromatic heterocycles. The van der Waals surface area contributed by atoms with Crippen LogP contribution in [0.5, 0.6) is 0 Å². The van der Waals surface area contributed by atoms with Gasteiger partial charge in [0.1, 0.15) is 5.69 Å². The van der Waals surface area contributed by atoms with Gasteiger partial charge in [-0.05, 0) is 12.1 Å². The van der Waals surface area contributed by atoms with Gasteiger partial charge in [0.25, 0.3) is 11.6 Å². The molecule has 1 aromatic carbocycles. The van der Waals surface area contributed by atoms with Crippen molar-refractivity contribution in [1.29, 1.82) is 0 Å². The first-order chi connectivity index (χ1) is 10.5. The van der Waals surface area contributed by atoms with E-state index >= 15 is 0 Å². The number of nitrogens with one attached hydrogen (secondary N) is 3. The average molecular weight is 305 g/mol. The van der Waals surface area contributed by atoms with Crippen LogP contribution in [-0.4, -0.2) is 34.0 Å². The van der Waals surface area contributed by atoms with E-state index in [1.54, 1.807) is 0 Å². The highest BCUT2D eigenvalue weighted by Crippen LogP contribution is 2.17. The molecule has 0 spiro atoms. The first-order valence-electron chi connectivity index (χ1n) is 5.95. The molecule has 0 aliphatic carbocycles. The first kappa shape index (κ1) is 15.0. The van der Waals surface area contributed by atoms with Gasteiger partial charge in [-0.15, -0.1) is 0 Å². The van der Waals surface area contributed by atoms with Gasteiger partial charge in [-0.3, -0.25) is 20.2 Å². The molecule has 1 heterocycles. The molecule has 0 aliphatic heterocycles. The Morgan fingerprint density at radius 2 is 1.95 bits per heavy atom. The third kappa shape index (κ3) is 3.36. The number of hydrogen-bond donors (Lipinski definition) is 3. The summed E-state index contributed by atoms with van der Waals surface area (Å²) in [7, 11) is 1.18. The van der Waals surface area contributed by atoms with Gasteiger partial charge in [-0.1, -0.05) is 0 Å². The van der Waals surface area contributed by atoms with Crippen LogP contribution in [0.1, 0.15) is 10.5 Å². The number of carbonyl (C=O) groups is 2. The summed E-state index contributed by atoms with van der Waals surface area (Å²) in [4.78, 5) is 39.6. The summed E-state index contributed by atoms with van der Waals surface area (Å²) in [6, 6.07) is 5.30. The highest BCUT2D eigenvalue weighted by Gasteiger charge is 2.17. The number of aromatic nitrogens is 2. The fourth-order valence-electron chi connectivity index (χ4n) is 1.57. The average Bonchev–Trinajstić information content (AvgIpc) is 2.95. The van der Waals surface area contributed by atoms with Crippen molar-refractivity contribution in [3.63, 3.8) is 0 Å². The second-order valence-corrected chi connectivity index (χ2v) is 4.00. The zero-order chi connectivity index (χ0) is 16.1. The number of non-ortho nitro benzene ring substituents is 1. The number of anilines is 2. The Balaban J connectivity index is 2.11. The Morgan fingerprint density at radius 3 is 2.55 bits per heavy atom. The van der Waals surface area contributed by atoms with Crippen LogP contribution in [0.3, 0.4) is 0 Å². The lowest BCUT2D eigenvalue weighted by atomic mass is 10.2. The van der Waals surface area contributed by atoms with E-state index in [-0.39, 0.29) is 17.2 Å². The number of aromatic amines is 1. The Kier molecular flexibility index (Phi) is 4.32. The number of rotatable bonds is 4.